The van der Waals surface area contributed by atoms with Gasteiger partial charge in [0.25, 0.3) is 0 Å². The lowest BCUT2D eigenvalue weighted by Gasteiger charge is -2.14. The van der Waals surface area contributed by atoms with E-state index in [0.29, 0.717) is 17.1 Å². The Hall–Kier alpha value is -1.79. The lowest BCUT2D eigenvalue weighted by molar-refractivity contribution is -0.114. The second-order valence-electron chi connectivity index (χ2n) is 3.81. The molecule has 100 valence electrons. The van der Waals surface area contributed by atoms with Crippen LogP contribution in [0.15, 0.2) is 18.2 Å². The van der Waals surface area contributed by atoms with Gasteiger partial charge in [0, 0.05) is 19.2 Å². The molecule has 0 aliphatic heterocycles. The Balaban J connectivity index is 2.78. The molecule has 6 nitrogen and oxygen atoms in total. The van der Waals surface area contributed by atoms with Crippen LogP contribution in [-0.2, 0) is 4.79 Å². The monoisotopic (exact) mass is 254 g/mol. The van der Waals surface area contributed by atoms with Crippen molar-refractivity contribution in [2.45, 2.75) is 13.0 Å². The highest BCUT2D eigenvalue weighted by atomic mass is 16.5. The zero-order valence-electron chi connectivity index (χ0n) is 10.4. The Bertz CT molecular complexity index is 409. The van der Waals surface area contributed by atoms with Crippen molar-refractivity contribution in [3.8, 4) is 5.75 Å². The van der Waals surface area contributed by atoms with Crippen LogP contribution in [0.4, 0.5) is 11.4 Å². The fraction of sp³-hybridized carbons (Fsp3) is 0.417. The molecular formula is C12H18N2O4. The van der Waals surface area contributed by atoms with E-state index in [1.807, 2.05) is 0 Å². The third-order valence-electron chi connectivity index (χ3n) is 2.26. The Morgan fingerprint density at radius 2 is 2.22 bits per heavy atom. The molecular weight excluding hydrogens is 236 g/mol. The zero-order valence-corrected chi connectivity index (χ0v) is 10.4. The maximum atomic E-state index is 11.0. The van der Waals surface area contributed by atoms with Crippen molar-refractivity contribution in [1.29, 1.82) is 0 Å². The topological polar surface area (TPSA) is 90.8 Å². The van der Waals surface area contributed by atoms with Crippen LogP contribution in [0.5, 0.6) is 5.75 Å². The predicted octanol–water partition coefficient (Wildman–Crippen LogP) is 0.419. The molecule has 1 unspecified atom stereocenters. The first-order chi connectivity index (χ1) is 8.56. The smallest absolute Gasteiger partial charge is 0.221 e. The molecule has 0 saturated carbocycles. The number of nitrogens with one attached hydrogen (secondary N) is 2. The number of methoxy groups -OCH3 is 1. The van der Waals surface area contributed by atoms with Gasteiger partial charge in [0.15, 0.2) is 0 Å². The summed E-state index contributed by atoms with van der Waals surface area (Å²) in [7, 11) is 1.52. The molecule has 1 amide bonds. The van der Waals surface area contributed by atoms with Crippen molar-refractivity contribution >= 4 is 17.3 Å². The minimum atomic E-state index is -0.823. The standard InChI is InChI=1S/C12H18N2O4/c1-8(16)14-11-5-9(3-4-12(11)18-2)13-6-10(17)7-15/h3-5,10,13,15,17H,6-7H2,1-2H3,(H,14,16). The summed E-state index contributed by atoms with van der Waals surface area (Å²) in [6.07, 6.45) is -0.823. The molecule has 0 saturated heterocycles. The molecule has 0 aromatic heterocycles. The van der Waals surface area contributed by atoms with Gasteiger partial charge in [-0.3, -0.25) is 4.79 Å². The maximum Gasteiger partial charge on any atom is 0.221 e. The van der Waals surface area contributed by atoms with Crippen LogP contribution in [0.3, 0.4) is 0 Å². The van der Waals surface area contributed by atoms with Gasteiger partial charge < -0.3 is 25.6 Å². The van der Waals surface area contributed by atoms with Crippen molar-refractivity contribution in [3.63, 3.8) is 0 Å². The van der Waals surface area contributed by atoms with Crippen molar-refractivity contribution in [2.24, 2.45) is 0 Å². The predicted molar refractivity (Wildman–Crippen MR) is 68.9 cm³/mol. The first-order valence-electron chi connectivity index (χ1n) is 5.55. The summed E-state index contributed by atoms with van der Waals surface area (Å²) in [6, 6.07) is 5.16. The lowest BCUT2D eigenvalue weighted by atomic mass is 10.2. The van der Waals surface area contributed by atoms with Crippen molar-refractivity contribution in [1.82, 2.24) is 0 Å². The van der Waals surface area contributed by atoms with E-state index in [9.17, 15) is 9.90 Å². The summed E-state index contributed by atoms with van der Waals surface area (Å²) in [5, 5.41) is 23.5. The van der Waals surface area contributed by atoms with Gasteiger partial charge in [-0.2, -0.15) is 0 Å². The van der Waals surface area contributed by atoms with Crippen LogP contribution in [-0.4, -0.2) is 42.5 Å². The second kappa shape index (κ2) is 6.83. The van der Waals surface area contributed by atoms with Crippen molar-refractivity contribution < 1.29 is 19.7 Å². The highest BCUT2D eigenvalue weighted by molar-refractivity contribution is 5.91. The van der Waals surface area contributed by atoms with Crippen LogP contribution < -0.4 is 15.4 Å². The minimum absolute atomic E-state index is 0.194. The number of hydrogen-bond acceptors (Lipinski definition) is 5. The minimum Gasteiger partial charge on any atom is -0.495 e. The number of carbonyl (C=O) groups is 1. The summed E-state index contributed by atoms with van der Waals surface area (Å²) in [5.41, 5.74) is 1.26. The number of aliphatic hydroxyl groups excluding tert-OH is 2. The Morgan fingerprint density at radius 1 is 1.50 bits per heavy atom. The lowest BCUT2D eigenvalue weighted by Crippen LogP contribution is -2.23. The summed E-state index contributed by atoms with van der Waals surface area (Å²) in [5.74, 6) is 0.360. The summed E-state index contributed by atoms with van der Waals surface area (Å²) >= 11 is 0. The third-order valence-corrected chi connectivity index (χ3v) is 2.26. The molecule has 0 bridgehead atoms. The quantitative estimate of drug-likeness (QED) is 0.590. The molecule has 4 N–H and O–H groups in total. The first kappa shape index (κ1) is 14.3. The number of anilines is 2. The number of benzene rings is 1. The number of aliphatic hydroxyl groups is 2. The molecule has 0 radical (unpaired) electrons. The highest BCUT2D eigenvalue weighted by Crippen LogP contribution is 2.27. The Kier molecular flexibility index (Phi) is 5.41. The van der Waals surface area contributed by atoms with Crippen LogP contribution in [0.25, 0.3) is 0 Å². The molecule has 0 aliphatic carbocycles. The average molecular weight is 254 g/mol. The molecule has 0 fully saturated rings. The van der Waals surface area contributed by atoms with E-state index in [4.69, 9.17) is 9.84 Å². The van der Waals surface area contributed by atoms with Crippen molar-refractivity contribution in [3.05, 3.63) is 18.2 Å². The Morgan fingerprint density at radius 3 is 2.78 bits per heavy atom. The van der Waals surface area contributed by atoms with E-state index in [-0.39, 0.29) is 19.1 Å². The summed E-state index contributed by atoms with van der Waals surface area (Å²) in [4.78, 5) is 11.0. The van der Waals surface area contributed by atoms with Crippen LogP contribution in [0.2, 0.25) is 0 Å². The number of amides is 1. The number of ether oxygens (including phenoxy) is 1. The third kappa shape index (κ3) is 4.23. The first-order valence-corrected chi connectivity index (χ1v) is 5.55. The summed E-state index contributed by atoms with van der Waals surface area (Å²) in [6.45, 7) is 1.33. The largest absolute Gasteiger partial charge is 0.495 e. The molecule has 18 heavy (non-hydrogen) atoms. The molecule has 1 aromatic rings. The van der Waals surface area contributed by atoms with E-state index >= 15 is 0 Å². The van der Waals surface area contributed by atoms with Crippen LogP contribution >= 0.6 is 0 Å². The van der Waals surface area contributed by atoms with E-state index in [1.54, 1.807) is 18.2 Å². The molecule has 1 atom stereocenters. The number of rotatable bonds is 6. The van der Waals surface area contributed by atoms with Crippen LogP contribution in [0, 0.1) is 0 Å². The van der Waals surface area contributed by atoms with E-state index in [2.05, 4.69) is 10.6 Å². The molecule has 1 rings (SSSR count). The Labute approximate surface area is 106 Å². The molecule has 1 aromatic carbocycles. The fourth-order valence-electron chi connectivity index (χ4n) is 1.41. The van der Waals surface area contributed by atoms with Gasteiger partial charge in [-0.25, -0.2) is 0 Å². The van der Waals surface area contributed by atoms with Gasteiger partial charge in [-0.05, 0) is 18.2 Å². The van der Waals surface area contributed by atoms with Gasteiger partial charge in [0.1, 0.15) is 5.75 Å². The number of hydrogen-bond donors (Lipinski definition) is 4. The van der Waals surface area contributed by atoms with E-state index in [1.165, 1.54) is 14.0 Å². The normalized spacial score (nSPS) is 11.8. The van der Waals surface area contributed by atoms with Crippen LogP contribution in [0.1, 0.15) is 6.92 Å². The SMILES string of the molecule is COc1ccc(NCC(O)CO)cc1NC(C)=O. The molecule has 6 heteroatoms. The van der Waals surface area contributed by atoms with Gasteiger partial charge >= 0.3 is 0 Å². The fourth-order valence-corrected chi connectivity index (χ4v) is 1.41. The molecule has 0 heterocycles. The van der Waals surface area contributed by atoms with E-state index < -0.39 is 6.10 Å². The highest BCUT2D eigenvalue weighted by Gasteiger charge is 2.07. The zero-order chi connectivity index (χ0) is 13.5. The van der Waals surface area contributed by atoms with Gasteiger partial charge in [0.2, 0.25) is 5.91 Å². The maximum absolute atomic E-state index is 11.0. The van der Waals surface area contributed by atoms with Gasteiger partial charge in [-0.1, -0.05) is 0 Å². The summed E-state index contributed by atoms with van der Waals surface area (Å²) < 4.78 is 5.12. The van der Waals surface area contributed by atoms with Crippen molar-refractivity contribution in [2.75, 3.05) is 30.9 Å². The second-order valence-corrected chi connectivity index (χ2v) is 3.81. The van der Waals surface area contributed by atoms with Gasteiger partial charge in [-0.15, -0.1) is 0 Å². The van der Waals surface area contributed by atoms with E-state index in [0.717, 1.165) is 0 Å². The molecule has 0 aliphatic rings. The van der Waals surface area contributed by atoms with Gasteiger partial charge in [0.05, 0.1) is 25.5 Å². The molecule has 0 spiro atoms. The average Bonchev–Trinajstić information content (AvgIpc) is 2.35. The number of carbonyl (C=O) groups excluding carboxylic acids is 1.